The van der Waals surface area contributed by atoms with Crippen LogP contribution in [0.25, 0.3) is 0 Å². The lowest BCUT2D eigenvalue weighted by molar-refractivity contribution is -0.119. The molecule has 0 aliphatic heterocycles. The van der Waals surface area contributed by atoms with Gasteiger partial charge in [0.05, 0.1) is 5.75 Å². The molecule has 0 saturated heterocycles. The van der Waals surface area contributed by atoms with E-state index >= 15 is 0 Å². The molecule has 0 spiro atoms. The Balaban J connectivity index is 1.86. The van der Waals surface area contributed by atoms with Gasteiger partial charge in [0.2, 0.25) is 5.91 Å². The van der Waals surface area contributed by atoms with E-state index in [1.165, 1.54) is 30.7 Å². The monoisotopic (exact) mass is 295 g/mol. The van der Waals surface area contributed by atoms with E-state index in [4.69, 9.17) is 0 Å². The van der Waals surface area contributed by atoms with Gasteiger partial charge in [-0.25, -0.2) is 4.98 Å². The molecule has 6 heteroatoms. The normalized spacial score (nSPS) is 15.9. The Morgan fingerprint density at radius 3 is 3.00 bits per heavy atom. The highest BCUT2D eigenvalue weighted by molar-refractivity contribution is 7.99. The Bertz CT molecular complexity index is 525. The highest BCUT2D eigenvalue weighted by atomic mass is 32.2. The van der Waals surface area contributed by atoms with Gasteiger partial charge in [-0.2, -0.15) is 0 Å². The topological polar surface area (TPSA) is 74.8 Å². The molecule has 0 unspecified atom stereocenters. The van der Waals surface area contributed by atoms with Crippen molar-refractivity contribution in [2.75, 3.05) is 5.75 Å². The summed E-state index contributed by atoms with van der Waals surface area (Å²) in [5.74, 6) is 0.933. The molecule has 1 fully saturated rings. The molecule has 1 aliphatic carbocycles. The van der Waals surface area contributed by atoms with E-state index in [2.05, 4.69) is 15.3 Å². The third-order valence-corrected chi connectivity index (χ3v) is 4.21. The SMILES string of the molecule is CCCc1cc(=O)[nH]c(SCC(=O)N[C@H](C)C2CC2)n1. The summed E-state index contributed by atoms with van der Waals surface area (Å²) in [5.41, 5.74) is 0.628. The third-order valence-electron chi connectivity index (χ3n) is 3.34. The maximum absolute atomic E-state index is 11.8. The van der Waals surface area contributed by atoms with E-state index in [1.807, 2.05) is 13.8 Å². The minimum absolute atomic E-state index is 0.00190. The van der Waals surface area contributed by atoms with Crippen LogP contribution in [0.2, 0.25) is 0 Å². The van der Waals surface area contributed by atoms with Crippen molar-refractivity contribution in [1.29, 1.82) is 0 Å². The average Bonchev–Trinajstić information content (AvgIpc) is 3.20. The van der Waals surface area contributed by atoms with E-state index in [0.717, 1.165) is 18.5 Å². The fourth-order valence-corrected chi connectivity index (χ4v) is 2.79. The van der Waals surface area contributed by atoms with Gasteiger partial charge in [0.1, 0.15) is 0 Å². The second kappa shape index (κ2) is 6.92. The number of H-pyrrole nitrogens is 1. The van der Waals surface area contributed by atoms with Crippen molar-refractivity contribution in [1.82, 2.24) is 15.3 Å². The number of hydrogen-bond donors (Lipinski definition) is 2. The molecule has 1 aliphatic rings. The molecular formula is C14H21N3O2S. The standard InChI is InChI=1S/C14H21N3O2S/c1-3-4-11-7-12(18)17-14(16-11)20-8-13(19)15-9(2)10-5-6-10/h7,9-10H,3-6,8H2,1-2H3,(H,15,19)(H,16,17,18)/t9-/m1/s1. The molecule has 1 aromatic rings. The number of aromatic amines is 1. The fourth-order valence-electron chi connectivity index (χ4n) is 2.08. The van der Waals surface area contributed by atoms with Gasteiger partial charge in [0.25, 0.3) is 5.56 Å². The number of thioether (sulfide) groups is 1. The number of amides is 1. The minimum Gasteiger partial charge on any atom is -0.353 e. The summed E-state index contributed by atoms with van der Waals surface area (Å²) in [5, 5.41) is 3.51. The Kier molecular flexibility index (Phi) is 5.23. The van der Waals surface area contributed by atoms with E-state index in [-0.39, 0.29) is 23.3 Å². The zero-order valence-electron chi connectivity index (χ0n) is 11.9. The summed E-state index contributed by atoms with van der Waals surface area (Å²) < 4.78 is 0. The first-order valence-electron chi connectivity index (χ1n) is 7.11. The number of hydrogen-bond acceptors (Lipinski definition) is 4. The molecule has 2 N–H and O–H groups in total. The van der Waals surface area contributed by atoms with Crippen molar-refractivity contribution in [3.05, 3.63) is 22.1 Å². The number of nitrogens with zero attached hydrogens (tertiary/aromatic N) is 1. The molecule has 0 aromatic carbocycles. The summed E-state index contributed by atoms with van der Waals surface area (Å²) in [6.45, 7) is 4.09. The van der Waals surface area contributed by atoms with Gasteiger partial charge in [0.15, 0.2) is 5.16 Å². The van der Waals surface area contributed by atoms with Crippen LogP contribution in [0.4, 0.5) is 0 Å². The first kappa shape index (κ1) is 15.1. The molecule has 0 radical (unpaired) electrons. The maximum atomic E-state index is 11.8. The third kappa shape index (κ3) is 4.67. The summed E-state index contributed by atoms with van der Waals surface area (Å²) in [4.78, 5) is 30.3. The minimum atomic E-state index is -0.155. The maximum Gasteiger partial charge on any atom is 0.251 e. The van der Waals surface area contributed by atoms with Crippen LogP contribution in [0, 0.1) is 5.92 Å². The van der Waals surface area contributed by atoms with Crippen molar-refractivity contribution in [2.24, 2.45) is 5.92 Å². The highest BCUT2D eigenvalue weighted by Gasteiger charge is 2.28. The summed E-state index contributed by atoms with van der Waals surface area (Å²) in [6, 6.07) is 1.77. The molecule has 5 nitrogen and oxygen atoms in total. The number of nitrogens with one attached hydrogen (secondary N) is 2. The molecule has 1 heterocycles. The van der Waals surface area contributed by atoms with Gasteiger partial charge in [-0.3, -0.25) is 9.59 Å². The average molecular weight is 295 g/mol. The molecule has 20 heavy (non-hydrogen) atoms. The summed E-state index contributed by atoms with van der Waals surface area (Å²) in [7, 11) is 0. The molecule has 1 amide bonds. The Morgan fingerprint density at radius 1 is 1.60 bits per heavy atom. The predicted molar refractivity (Wildman–Crippen MR) is 79.9 cm³/mol. The lowest BCUT2D eigenvalue weighted by Gasteiger charge is -2.12. The highest BCUT2D eigenvalue weighted by Crippen LogP contribution is 2.32. The predicted octanol–water partition coefficient (Wildman–Crippen LogP) is 1.73. The first-order valence-corrected chi connectivity index (χ1v) is 8.09. The van der Waals surface area contributed by atoms with Crippen LogP contribution in [-0.4, -0.2) is 27.7 Å². The van der Waals surface area contributed by atoms with E-state index in [0.29, 0.717) is 11.1 Å². The molecular weight excluding hydrogens is 274 g/mol. The zero-order chi connectivity index (χ0) is 14.5. The summed E-state index contributed by atoms with van der Waals surface area (Å²) in [6.07, 6.45) is 4.15. The molecule has 2 rings (SSSR count). The van der Waals surface area contributed by atoms with Gasteiger partial charge in [-0.1, -0.05) is 25.1 Å². The Morgan fingerprint density at radius 2 is 2.35 bits per heavy atom. The van der Waals surface area contributed by atoms with Crippen molar-refractivity contribution in [3.63, 3.8) is 0 Å². The van der Waals surface area contributed by atoms with Crippen LogP contribution < -0.4 is 10.9 Å². The largest absolute Gasteiger partial charge is 0.353 e. The number of rotatable bonds is 7. The lowest BCUT2D eigenvalue weighted by atomic mass is 10.2. The number of carbonyl (C=O) groups is 1. The Labute approximate surface area is 123 Å². The molecule has 110 valence electrons. The van der Waals surface area contributed by atoms with Crippen LogP contribution in [0.15, 0.2) is 16.0 Å². The second-order valence-corrected chi connectivity index (χ2v) is 6.24. The van der Waals surface area contributed by atoms with Crippen molar-refractivity contribution < 1.29 is 4.79 Å². The van der Waals surface area contributed by atoms with Crippen LogP contribution in [0.1, 0.15) is 38.8 Å². The summed E-state index contributed by atoms with van der Waals surface area (Å²) >= 11 is 1.28. The van der Waals surface area contributed by atoms with Gasteiger partial charge in [0, 0.05) is 17.8 Å². The molecule has 1 aromatic heterocycles. The van der Waals surface area contributed by atoms with Gasteiger partial charge < -0.3 is 10.3 Å². The van der Waals surface area contributed by atoms with Crippen LogP contribution in [-0.2, 0) is 11.2 Å². The van der Waals surface area contributed by atoms with Crippen LogP contribution in [0.5, 0.6) is 0 Å². The van der Waals surface area contributed by atoms with Crippen molar-refractivity contribution in [2.45, 2.75) is 50.7 Å². The number of aryl methyl sites for hydroxylation is 1. The number of carbonyl (C=O) groups excluding carboxylic acids is 1. The lowest BCUT2D eigenvalue weighted by Crippen LogP contribution is -2.35. The van der Waals surface area contributed by atoms with Crippen molar-refractivity contribution in [3.8, 4) is 0 Å². The van der Waals surface area contributed by atoms with Crippen LogP contribution in [0.3, 0.4) is 0 Å². The molecule has 1 atom stereocenters. The first-order chi connectivity index (χ1) is 9.58. The number of aromatic nitrogens is 2. The fraction of sp³-hybridized carbons (Fsp3) is 0.643. The second-order valence-electron chi connectivity index (χ2n) is 5.27. The Hall–Kier alpha value is -1.30. The van der Waals surface area contributed by atoms with Crippen LogP contribution >= 0.6 is 11.8 Å². The van der Waals surface area contributed by atoms with E-state index in [9.17, 15) is 9.59 Å². The molecule has 0 bridgehead atoms. The van der Waals surface area contributed by atoms with Crippen molar-refractivity contribution >= 4 is 17.7 Å². The smallest absolute Gasteiger partial charge is 0.251 e. The van der Waals surface area contributed by atoms with Gasteiger partial charge in [-0.05, 0) is 32.1 Å². The van der Waals surface area contributed by atoms with E-state index < -0.39 is 0 Å². The van der Waals surface area contributed by atoms with Gasteiger partial charge in [-0.15, -0.1) is 0 Å². The quantitative estimate of drug-likeness (QED) is 0.593. The molecule has 1 saturated carbocycles. The zero-order valence-corrected chi connectivity index (χ0v) is 12.8. The van der Waals surface area contributed by atoms with Gasteiger partial charge >= 0.3 is 0 Å². The van der Waals surface area contributed by atoms with E-state index in [1.54, 1.807) is 0 Å².